The number of carbonyl (C=O) groups is 1. The number of benzene rings is 2. The van der Waals surface area contributed by atoms with Crippen LogP contribution in [0.25, 0.3) is 6.08 Å². The van der Waals surface area contributed by atoms with Crippen LogP contribution in [0.15, 0.2) is 56.8 Å². The number of hydrogen-bond acceptors (Lipinski definition) is 4. The van der Waals surface area contributed by atoms with E-state index in [2.05, 4.69) is 26.2 Å². The van der Waals surface area contributed by atoms with E-state index in [0.29, 0.717) is 10.1 Å². The molecule has 0 saturated carbocycles. The number of anilines is 1. The van der Waals surface area contributed by atoms with Crippen LogP contribution in [0.4, 0.5) is 15.8 Å². The summed E-state index contributed by atoms with van der Waals surface area (Å²) in [6.07, 6.45) is 1.79. The first-order chi connectivity index (χ1) is 11.9. The van der Waals surface area contributed by atoms with Crippen molar-refractivity contribution in [2.45, 2.75) is 0 Å². The third kappa shape index (κ3) is 4.11. The van der Waals surface area contributed by atoms with Crippen LogP contribution in [0.5, 0.6) is 0 Å². The number of nitrogens with one attached hydrogen (secondary N) is 1. The minimum Gasteiger partial charge on any atom is -0.377 e. The van der Waals surface area contributed by atoms with Crippen molar-refractivity contribution in [1.29, 1.82) is 0 Å². The second kappa shape index (κ2) is 7.41. The maximum atomic E-state index is 13.7. The molecule has 4 nitrogen and oxygen atoms in total. The molecule has 1 aliphatic heterocycles. The van der Waals surface area contributed by atoms with Gasteiger partial charge in [0.2, 0.25) is 0 Å². The third-order valence-electron chi connectivity index (χ3n) is 3.48. The van der Waals surface area contributed by atoms with Crippen molar-refractivity contribution >= 4 is 56.2 Å². The number of halogens is 2. The summed E-state index contributed by atoms with van der Waals surface area (Å²) in [5, 5.41) is 3.03. The van der Waals surface area contributed by atoms with Crippen molar-refractivity contribution < 1.29 is 9.18 Å². The molecule has 128 valence electrons. The van der Waals surface area contributed by atoms with Crippen molar-refractivity contribution in [3.8, 4) is 0 Å². The van der Waals surface area contributed by atoms with Gasteiger partial charge in [0.05, 0.1) is 10.6 Å². The minimum absolute atomic E-state index is 0.199. The molecule has 0 aliphatic carbocycles. The Morgan fingerprint density at radius 2 is 2.00 bits per heavy atom. The van der Waals surface area contributed by atoms with Gasteiger partial charge in [-0.05, 0) is 63.6 Å². The fourth-order valence-corrected chi connectivity index (χ4v) is 3.85. The number of amidine groups is 1. The van der Waals surface area contributed by atoms with Crippen molar-refractivity contribution in [3.63, 3.8) is 0 Å². The summed E-state index contributed by atoms with van der Waals surface area (Å²) in [4.78, 5) is 18.8. The summed E-state index contributed by atoms with van der Waals surface area (Å²) in [6, 6.07) is 12.1. The Morgan fingerprint density at radius 1 is 1.24 bits per heavy atom. The van der Waals surface area contributed by atoms with Crippen LogP contribution < -0.4 is 10.2 Å². The summed E-state index contributed by atoms with van der Waals surface area (Å²) in [5.41, 5.74) is 2.14. The Balaban J connectivity index is 1.84. The van der Waals surface area contributed by atoms with Gasteiger partial charge in [-0.3, -0.25) is 4.79 Å². The van der Waals surface area contributed by atoms with E-state index < -0.39 is 5.82 Å². The molecular weight excluding hydrogens is 405 g/mol. The van der Waals surface area contributed by atoms with Crippen molar-refractivity contribution in [2.24, 2.45) is 4.99 Å². The van der Waals surface area contributed by atoms with E-state index in [4.69, 9.17) is 0 Å². The molecule has 3 rings (SSSR count). The quantitative estimate of drug-likeness (QED) is 0.742. The van der Waals surface area contributed by atoms with Crippen LogP contribution >= 0.6 is 27.7 Å². The molecule has 2 aromatic rings. The molecule has 0 aromatic heterocycles. The minimum atomic E-state index is -0.425. The highest BCUT2D eigenvalue weighted by Crippen LogP contribution is 2.31. The average Bonchev–Trinajstić information content (AvgIpc) is 2.89. The molecule has 7 heteroatoms. The highest BCUT2D eigenvalue weighted by Gasteiger charge is 2.24. The van der Waals surface area contributed by atoms with E-state index in [1.54, 1.807) is 24.3 Å². The SMILES string of the molecule is CN(C)c1ccc(/C=C2\SC(=Nc3ccccc3F)NC2=O)cc1Br. The van der Waals surface area contributed by atoms with Gasteiger partial charge in [-0.25, -0.2) is 9.38 Å². The van der Waals surface area contributed by atoms with E-state index in [1.807, 2.05) is 37.2 Å². The van der Waals surface area contributed by atoms with Gasteiger partial charge in [0.15, 0.2) is 5.17 Å². The number of carbonyl (C=O) groups excluding carboxylic acids is 1. The Kier molecular flexibility index (Phi) is 5.24. The number of amides is 1. The number of thioether (sulfide) groups is 1. The number of para-hydroxylation sites is 1. The monoisotopic (exact) mass is 419 g/mol. The zero-order valence-electron chi connectivity index (χ0n) is 13.6. The van der Waals surface area contributed by atoms with E-state index in [1.165, 1.54) is 17.8 Å². The topological polar surface area (TPSA) is 44.7 Å². The molecule has 1 saturated heterocycles. The second-order valence-corrected chi connectivity index (χ2v) is 7.42. The van der Waals surface area contributed by atoms with Gasteiger partial charge >= 0.3 is 0 Å². The molecular formula is C18H15BrFN3OS. The van der Waals surface area contributed by atoms with Crippen LogP contribution in [0.2, 0.25) is 0 Å². The molecule has 1 heterocycles. The molecule has 1 fully saturated rings. The first-order valence-electron chi connectivity index (χ1n) is 7.45. The van der Waals surface area contributed by atoms with Gasteiger partial charge in [-0.15, -0.1) is 0 Å². The van der Waals surface area contributed by atoms with E-state index in [-0.39, 0.29) is 11.6 Å². The highest BCUT2D eigenvalue weighted by atomic mass is 79.9. The molecule has 1 amide bonds. The molecule has 0 radical (unpaired) electrons. The lowest BCUT2D eigenvalue weighted by molar-refractivity contribution is -0.115. The molecule has 0 atom stereocenters. The maximum absolute atomic E-state index is 13.7. The fraction of sp³-hybridized carbons (Fsp3) is 0.111. The first kappa shape index (κ1) is 17.7. The van der Waals surface area contributed by atoms with Crippen molar-refractivity contribution in [2.75, 3.05) is 19.0 Å². The maximum Gasteiger partial charge on any atom is 0.264 e. The van der Waals surface area contributed by atoms with Crippen molar-refractivity contribution in [3.05, 3.63) is 63.2 Å². The first-order valence-corrected chi connectivity index (χ1v) is 9.06. The molecule has 1 N–H and O–H groups in total. The lowest BCUT2D eigenvalue weighted by Crippen LogP contribution is -2.19. The average molecular weight is 420 g/mol. The number of nitrogens with zero attached hydrogens (tertiary/aromatic N) is 2. The van der Waals surface area contributed by atoms with Crippen LogP contribution in [0.1, 0.15) is 5.56 Å². The number of rotatable bonds is 3. The molecule has 0 bridgehead atoms. The number of hydrogen-bond donors (Lipinski definition) is 1. The summed E-state index contributed by atoms with van der Waals surface area (Å²) in [7, 11) is 3.92. The summed E-state index contributed by atoms with van der Waals surface area (Å²) >= 11 is 4.72. The number of aliphatic imine (C=N–C) groups is 1. The van der Waals surface area contributed by atoms with Gasteiger partial charge in [0.1, 0.15) is 11.5 Å². The summed E-state index contributed by atoms with van der Waals surface area (Å²) < 4.78 is 14.6. The predicted molar refractivity (Wildman–Crippen MR) is 106 cm³/mol. The Hall–Kier alpha value is -2.12. The van der Waals surface area contributed by atoms with Gasteiger partial charge in [0.25, 0.3) is 5.91 Å². The zero-order valence-corrected chi connectivity index (χ0v) is 16.0. The Morgan fingerprint density at radius 3 is 2.68 bits per heavy atom. The smallest absolute Gasteiger partial charge is 0.264 e. The molecule has 1 aliphatic rings. The third-order valence-corrected chi connectivity index (χ3v) is 5.02. The van der Waals surface area contributed by atoms with E-state index in [9.17, 15) is 9.18 Å². The van der Waals surface area contributed by atoms with Gasteiger partial charge in [0, 0.05) is 18.6 Å². The largest absolute Gasteiger partial charge is 0.377 e. The van der Waals surface area contributed by atoms with Gasteiger partial charge in [-0.2, -0.15) is 0 Å². The zero-order chi connectivity index (χ0) is 18.0. The van der Waals surface area contributed by atoms with Gasteiger partial charge in [-0.1, -0.05) is 18.2 Å². The van der Waals surface area contributed by atoms with Crippen molar-refractivity contribution in [1.82, 2.24) is 5.32 Å². The highest BCUT2D eigenvalue weighted by molar-refractivity contribution is 9.10. The molecule has 0 unspecified atom stereocenters. The lowest BCUT2D eigenvalue weighted by atomic mass is 10.2. The molecule has 2 aromatic carbocycles. The molecule has 25 heavy (non-hydrogen) atoms. The Labute approximate surface area is 158 Å². The van der Waals surface area contributed by atoms with E-state index >= 15 is 0 Å². The van der Waals surface area contributed by atoms with Crippen LogP contribution in [-0.2, 0) is 4.79 Å². The predicted octanol–water partition coefficient (Wildman–Crippen LogP) is 4.55. The van der Waals surface area contributed by atoms with Crippen LogP contribution in [0, 0.1) is 5.82 Å². The van der Waals surface area contributed by atoms with Crippen LogP contribution in [-0.4, -0.2) is 25.2 Å². The fourth-order valence-electron chi connectivity index (χ4n) is 2.26. The Bertz CT molecular complexity index is 896. The molecule has 0 spiro atoms. The lowest BCUT2D eigenvalue weighted by Gasteiger charge is -2.14. The summed E-state index contributed by atoms with van der Waals surface area (Å²) in [5.74, 6) is -0.668. The van der Waals surface area contributed by atoms with Crippen LogP contribution in [0.3, 0.4) is 0 Å². The normalized spacial score (nSPS) is 17.2. The second-order valence-electron chi connectivity index (χ2n) is 5.54. The van der Waals surface area contributed by atoms with Gasteiger partial charge < -0.3 is 10.2 Å². The van der Waals surface area contributed by atoms with E-state index in [0.717, 1.165) is 15.7 Å². The standard InChI is InChI=1S/C18H15BrFN3OS/c1-23(2)15-8-7-11(9-12(15)19)10-16-17(24)22-18(25-16)21-14-6-4-3-5-13(14)20/h3-10H,1-2H3,(H,21,22,24)/b16-10-. The summed E-state index contributed by atoms with van der Waals surface area (Å²) in [6.45, 7) is 0.